The number of carbonyl (C=O) groups is 2. The Kier molecular flexibility index (Phi) is 7.76. The normalized spacial score (nSPS) is 19.0. The van der Waals surface area contributed by atoms with Gasteiger partial charge in [0.25, 0.3) is 5.78 Å². The van der Waals surface area contributed by atoms with Gasteiger partial charge in [0.2, 0.25) is 0 Å². The lowest BCUT2D eigenvalue weighted by atomic mass is 9.92. The van der Waals surface area contributed by atoms with Crippen LogP contribution in [0.5, 0.6) is 0 Å². The first-order chi connectivity index (χ1) is 16.6. The number of aliphatic hydroxyl groups excluding tert-OH is 1. The number of benzene rings is 2. The summed E-state index contributed by atoms with van der Waals surface area (Å²) in [5.74, 6) is 4.48. The average molecular weight is 457 g/mol. The molecule has 4 rings (SSSR count). The van der Waals surface area contributed by atoms with Crippen molar-refractivity contribution in [3.63, 3.8) is 0 Å². The molecule has 0 bridgehead atoms. The van der Waals surface area contributed by atoms with Gasteiger partial charge in [0, 0.05) is 42.6 Å². The molecular weight excluding hydrogens is 428 g/mol. The summed E-state index contributed by atoms with van der Waals surface area (Å²) < 4.78 is 0. The molecule has 1 unspecified atom stereocenters. The zero-order valence-electron chi connectivity index (χ0n) is 19.0. The summed E-state index contributed by atoms with van der Waals surface area (Å²) in [7, 11) is 0. The molecule has 0 radical (unpaired) electrons. The van der Waals surface area contributed by atoms with E-state index in [2.05, 4.69) is 38.9 Å². The summed E-state index contributed by atoms with van der Waals surface area (Å²) in [6.45, 7) is 2.57. The van der Waals surface area contributed by atoms with E-state index < -0.39 is 11.7 Å². The molecule has 7 heteroatoms. The highest BCUT2D eigenvalue weighted by Gasteiger charge is 2.26. The fourth-order valence-electron chi connectivity index (χ4n) is 4.34. The number of nitrogens with zero attached hydrogens (tertiary/aromatic N) is 3. The predicted octanol–water partition coefficient (Wildman–Crippen LogP) is 2.05. The number of carbonyl (C=O) groups excluding carboxylic acids is 2. The van der Waals surface area contributed by atoms with Crippen LogP contribution >= 0.6 is 0 Å². The average Bonchev–Trinajstić information content (AvgIpc) is 3.32. The van der Waals surface area contributed by atoms with Crippen LogP contribution in [0.25, 0.3) is 0 Å². The van der Waals surface area contributed by atoms with Crippen molar-refractivity contribution in [3.05, 3.63) is 70.8 Å². The number of aliphatic imine (C=N–C) groups is 2. The summed E-state index contributed by atoms with van der Waals surface area (Å²) in [5, 5.41) is 9.80. The Morgan fingerprint density at radius 2 is 1.74 bits per heavy atom. The second-order valence-corrected chi connectivity index (χ2v) is 8.61. The fourth-order valence-corrected chi connectivity index (χ4v) is 4.34. The third-order valence-electron chi connectivity index (χ3n) is 6.35. The van der Waals surface area contributed by atoms with Gasteiger partial charge in [-0.05, 0) is 54.8 Å². The van der Waals surface area contributed by atoms with Gasteiger partial charge in [0.05, 0.1) is 12.3 Å². The molecule has 2 heterocycles. The van der Waals surface area contributed by atoms with Gasteiger partial charge in [-0.25, -0.2) is 4.99 Å². The Balaban J connectivity index is 1.38. The molecule has 1 fully saturated rings. The maximum absolute atomic E-state index is 11.9. The molecule has 2 aliphatic heterocycles. The van der Waals surface area contributed by atoms with E-state index >= 15 is 0 Å². The number of rotatable bonds is 7. The van der Waals surface area contributed by atoms with Crippen LogP contribution in [0.1, 0.15) is 47.4 Å². The lowest BCUT2D eigenvalue weighted by Gasteiger charge is -2.23. The van der Waals surface area contributed by atoms with Crippen molar-refractivity contribution in [1.82, 2.24) is 4.90 Å². The van der Waals surface area contributed by atoms with Gasteiger partial charge in [0.1, 0.15) is 6.34 Å². The SMILES string of the molecule is NC[C@H]1CCCN1Cc1ccc(C#Cc2ccc(C(CO)CC3=NC=NC(=O)C3=O)cc2)cc1. The minimum atomic E-state index is -0.823. The molecule has 2 atom stereocenters. The van der Waals surface area contributed by atoms with Gasteiger partial charge < -0.3 is 10.8 Å². The number of aliphatic hydroxyl groups is 1. The molecule has 0 aromatic heterocycles. The van der Waals surface area contributed by atoms with E-state index in [-0.39, 0.29) is 24.7 Å². The summed E-state index contributed by atoms with van der Waals surface area (Å²) in [5.41, 5.74) is 9.90. The van der Waals surface area contributed by atoms with E-state index in [1.165, 1.54) is 18.4 Å². The standard InChI is InChI=1S/C27H28N4O3/c28-15-24-2-1-13-31(24)16-21-7-5-19(6-8-21)3-4-20-9-11-22(12-10-20)23(17-32)14-25-26(33)27(34)30-18-29-25/h5-12,18,23-24,32H,1-2,13-17,28H2/t23?,24-/m1/s1. The van der Waals surface area contributed by atoms with Crippen LogP contribution in [-0.4, -0.2) is 59.5 Å². The van der Waals surface area contributed by atoms with Gasteiger partial charge in [-0.15, -0.1) is 0 Å². The van der Waals surface area contributed by atoms with E-state index in [1.54, 1.807) is 0 Å². The second-order valence-electron chi connectivity index (χ2n) is 8.61. The van der Waals surface area contributed by atoms with Gasteiger partial charge in [-0.3, -0.25) is 14.5 Å². The highest BCUT2D eigenvalue weighted by atomic mass is 16.3. The number of hydrogen-bond acceptors (Lipinski definition) is 6. The first-order valence-electron chi connectivity index (χ1n) is 11.5. The Morgan fingerprint density at radius 3 is 2.38 bits per heavy atom. The van der Waals surface area contributed by atoms with Crippen molar-refractivity contribution in [3.8, 4) is 11.8 Å². The maximum Gasteiger partial charge on any atom is 0.320 e. The highest BCUT2D eigenvalue weighted by Crippen LogP contribution is 2.22. The second kappa shape index (κ2) is 11.1. The van der Waals surface area contributed by atoms with Crippen LogP contribution < -0.4 is 5.73 Å². The van der Waals surface area contributed by atoms with Crippen molar-refractivity contribution in [2.45, 2.75) is 37.8 Å². The molecule has 34 heavy (non-hydrogen) atoms. The Hall–Kier alpha value is -3.44. The number of likely N-dealkylation sites (tertiary alicyclic amines) is 1. The fraction of sp³-hybridized carbons (Fsp3) is 0.333. The number of Topliss-reactive ketones (excluding diaryl/α,β-unsaturated/α-hetero) is 1. The quantitative estimate of drug-likeness (QED) is 0.490. The van der Waals surface area contributed by atoms with Crippen molar-refractivity contribution >= 4 is 23.7 Å². The Labute approximate surface area is 199 Å². The maximum atomic E-state index is 11.9. The molecule has 2 aromatic rings. The number of amides is 1. The van der Waals surface area contributed by atoms with E-state index in [9.17, 15) is 14.7 Å². The highest BCUT2D eigenvalue weighted by molar-refractivity contribution is 6.66. The first kappa shape index (κ1) is 23.7. The molecule has 7 nitrogen and oxygen atoms in total. The molecule has 1 amide bonds. The van der Waals surface area contributed by atoms with Gasteiger partial charge in [0.15, 0.2) is 0 Å². The molecule has 2 aliphatic rings. The lowest BCUT2D eigenvalue weighted by Crippen LogP contribution is -2.34. The summed E-state index contributed by atoms with van der Waals surface area (Å²) >= 11 is 0. The lowest BCUT2D eigenvalue weighted by molar-refractivity contribution is -0.132. The minimum absolute atomic E-state index is 0.120. The van der Waals surface area contributed by atoms with Crippen LogP contribution in [0.4, 0.5) is 0 Å². The Bertz CT molecular complexity index is 1160. The third-order valence-corrected chi connectivity index (χ3v) is 6.35. The zero-order valence-corrected chi connectivity index (χ0v) is 19.0. The van der Waals surface area contributed by atoms with Crippen molar-refractivity contribution in [2.75, 3.05) is 19.7 Å². The van der Waals surface area contributed by atoms with Crippen molar-refractivity contribution in [1.29, 1.82) is 0 Å². The molecule has 174 valence electrons. The van der Waals surface area contributed by atoms with Gasteiger partial charge in [-0.1, -0.05) is 36.1 Å². The zero-order chi connectivity index (χ0) is 23.9. The van der Waals surface area contributed by atoms with Crippen molar-refractivity contribution < 1.29 is 14.7 Å². The number of nitrogens with two attached hydrogens (primary N) is 1. The molecule has 0 saturated carbocycles. The van der Waals surface area contributed by atoms with Crippen LogP contribution in [-0.2, 0) is 16.1 Å². The number of hydrogen-bond donors (Lipinski definition) is 2. The van der Waals surface area contributed by atoms with Gasteiger partial charge >= 0.3 is 5.91 Å². The third kappa shape index (κ3) is 5.72. The van der Waals surface area contributed by atoms with Crippen molar-refractivity contribution in [2.24, 2.45) is 15.7 Å². The molecule has 3 N–H and O–H groups in total. The van der Waals surface area contributed by atoms with E-state index in [0.29, 0.717) is 12.6 Å². The molecule has 1 saturated heterocycles. The van der Waals surface area contributed by atoms with E-state index in [0.717, 1.165) is 36.1 Å². The topological polar surface area (TPSA) is 108 Å². The van der Waals surface area contributed by atoms with Crippen LogP contribution in [0.15, 0.2) is 58.5 Å². The minimum Gasteiger partial charge on any atom is -0.396 e. The molecule has 0 spiro atoms. The molecule has 2 aromatic carbocycles. The monoisotopic (exact) mass is 456 g/mol. The van der Waals surface area contributed by atoms with Gasteiger partial charge in [-0.2, -0.15) is 4.99 Å². The van der Waals surface area contributed by atoms with Crippen LogP contribution in [0.2, 0.25) is 0 Å². The summed E-state index contributed by atoms with van der Waals surface area (Å²) in [6, 6.07) is 16.3. The number of ketones is 1. The Morgan fingerprint density at radius 1 is 1.06 bits per heavy atom. The predicted molar refractivity (Wildman–Crippen MR) is 132 cm³/mol. The van der Waals surface area contributed by atoms with E-state index in [4.69, 9.17) is 5.73 Å². The summed E-state index contributed by atoms with van der Waals surface area (Å²) in [6.07, 6.45) is 3.65. The van der Waals surface area contributed by atoms with E-state index in [1.807, 2.05) is 36.4 Å². The smallest absolute Gasteiger partial charge is 0.320 e. The summed E-state index contributed by atoms with van der Waals surface area (Å²) in [4.78, 5) is 33.1. The largest absolute Gasteiger partial charge is 0.396 e. The first-order valence-corrected chi connectivity index (χ1v) is 11.5. The van der Waals surface area contributed by atoms with Crippen LogP contribution in [0, 0.1) is 11.8 Å². The molecule has 0 aliphatic carbocycles. The molecular formula is C27H28N4O3. The van der Waals surface area contributed by atoms with Crippen LogP contribution in [0.3, 0.4) is 0 Å².